The molecule has 0 saturated carbocycles. The van der Waals surface area contributed by atoms with Crippen LogP contribution in [0.2, 0.25) is 0 Å². The molecule has 0 amide bonds. The van der Waals surface area contributed by atoms with Crippen molar-refractivity contribution >= 4 is 11.3 Å². The van der Waals surface area contributed by atoms with E-state index in [9.17, 15) is 0 Å². The average molecular weight is 261 g/mol. The zero-order valence-electron chi connectivity index (χ0n) is 11.1. The van der Waals surface area contributed by atoms with Crippen molar-refractivity contribution in [2.24, 2.45) is 0 Å². The van der Waals surface area contributed by atoms with Crippen LogP contribution in [0.4, 0.5) is 0 Å². The minimum absolute atomic E-state index is 0.307. The van der Waals surface area contributed by atoms with Crippen LogP contribution >= 0.6 is 11.3 Å². The van der Waals surface area contributed by atoms with Crippen LogP contribution in [-0.4, -0.2) is 14.2 Å². The molecular weight excluding hydrogens is 242 g/mol. The smallest absolute Gasteiger partial charge is 0.134 e. The molecule has 0 saturated heterocycles. The Morgan fingerprint density at radius 2 is 2.06 bits per heavy atom. The highest BCUT2D eigenvalue weighted by molar-refractivity contribution is 7.10. The van der Waals surface area contributed by atoms with Gasteiger partial charge in [-0.15, -0.1) is 11.3 Å². The number of benzene rings is 1. The summed E-state index contributed by atoms with van der Waals surface area (Å²) in [5.41, 5.74) is 2.72. The van der Waals surface area contributed by atoms with Gasteiger partial charge in [-0.2, -0.15) is 0 Å². The van der Waals surface area contributed by atoms with Crippen molar-refractivity contribution in [2.45, 2.75) is 19.4 Å². The van der Waals surface area contributed by atoms with E-state index in [0.29, 0.717) is 6.04 Å². The van der Waals surface area contributed by atoms with Crippen LogP contribution in [0.5, 0.6) is 5.75 Å². The van der Waals surface area contributed by atoms with E-state index in [1.165, 1.54) is 16.0 Å². The fourth-order valence-corrected chi connectivity index (χ4v) is 3.09. The van der Waals surface area contributed by atoms with Crippen molar-refractivity contribution in [1.82, 2.24) is 5.32 Å². The zero-order chi connectivity index (χ0) is 13.0. The molecule has 3 heteroatoms. The fraction of sp³-hybridized carbons (Fsp3) is 0.333. The van der Waals surface area contributed by atoms with E-state index in [1.807, 2.05) is 13.1 Å². The highest BCUT2D eigenvalue weighted by atomic mass is 32.1. The number of methoxy groups -OCH3 is 1. The molecule has 0 radical (unpaired) electrons. The molecule has 2 rings (SSSR count). The second kappa shape index (κ2) is 6.03. The summed E-state index contributed by atoms with van der Waals surface area (Å²) in [6.45, 7) is 2.16. The topological polar surface area (TPSA) is 21.3 Å². The molecule has 0 aliphatic heterocycles. The Morgan fingerprint density at radius 1 is 1.28 bits per heavy atom. The predicted molar refractivity (Wildman–Crippen MR) is 77.6 cm³/mol. The maximum Gasteiger partial charge on any atom is 0.134 e. The minimum Gasteiger partial charge on any atom is -0.496 e. The summed E-state index contributed by atoms with van der Waals surface area (Å²) in [6.07, 6.45) is 0.986. The second-order valence-electron chi connectivity index (χ2n) is 4.33. The Morgan fingerprint density at radius 3 is 2.72 bits per heavy atom. The Bertz CT molecular complexity index is 507. The largest absolute Gasteiger partial charge is 0.496 e. The molecule has 1 heterocycles. The first-order valence-corrected chi connectivity index (χ1v) is 6.97. The molecule has 18 heavy (non-hydrogen) atoms. The van der Waals surface area contributed by atoms with Gasteiger partial charge in [-0.1, -0.05) is 24.3 Å². The molecule has 1 atom stereocenters. The lowest BCUT2D eigenvalue weighted by molar-refractivity contribution is 0.405. The van der Waals surface area contributed by atoms with E-state index >= 15 is 0 Å². The summed E-state index contributed by atoms with van der Waals surface area (Å²) in [5.74, 6) is 0.980. The van der Waals surface area contributed by atoms with Gasteiger partial charge in [0.1, 0.15) is 5.75 Å². The summed E-state index contributed by atoms with van der Waals surface area (Å²) in [5, 5.41) is 5.47. The number of likely N-dealkylation sites (N-methyl/N-ethyl adjacent to an activating group) is 1. The minimum atomic E-state index is 0.307. The zero-order valence-corrected chi connectivity index (χ0v) is 11.9. The van der Waals surface area contributed by atoms with Gasteiger partial charge in [0.15, 0.2) is 0 Å². The van der Waals surface area contributed by atoms with E-state index in [-0.39, 0.29) is 0 Å². The van der Waals surface area contributed by atoms with Crippen LogP contribution in [0, 0.1) is 6.92 Å². The van der Waals surface area contributed by atoms with Gasteiger partial charge in [-0.05, 0) is 43.0 Å². The Balaban J connectivity index is 2.23. The maximum absolute atomic E-state index is 5.41. The molecule has 0 aliphatic rings. The van der Waals surface area contributed by atoms with Gasteiger partial charge < -0.3 is 10.1 Å². The van der Waals surface area contributed by atoms with Crippen LogP contribution in [0.1, 0.15) is 22.0 Å². The second-order valence-corrected chi connectivity index (χ2v) is 5.27. The first-order valence-electron chi connectivity index (χ1n) is 6.09. The van der Waals surface area contributed by atoms with Gasteiger partial charge >= 0.3 is 0 Å². The normalized spacial score (nSPS) is 12.4. The van der Waals surface area contributed by atoms with Gasteiger partial charge in [0.05, 0.1) is 12.0 Å². The van der Waals surface area contributed by atoms with E-state index in [4.69, 9.17) is 4.74 Å². The van der Waals surface area contributed by atoms with Crippen molar-refractivity contribution in [3.05, 3.63) is 51.7 Å². The molecule has 2 nitrogen and oxygen atoms in total. The first-order chi connectivity index (χ1) is 8.76. The molecule has 2 aromatic rings. The first kappa shape index (κ1) is 13.1. The van der Waals surface area contributed by atoms with Crippen molar-refractivity contribution in [3.8, 4) is 5.75 Å². The number of rotatable bonds is 5. The third-order valence-corrected chi connectivity index (χ3v) is 4.24. The Labute approximate surface area is 113 Å². The number of thiophene rings is 1. The van der Waals surface area contributed by atoms with Crippen LogP contribution in [0.15, 0.2) is 35.7 Å². The number of nitrogens with one attached hydrogen (secondary N) is 1. The summed E-state index contributed by atoms with van der Waals surface area (Å²) in [7, 11) is 3.73. The third-order valence-electron chi connectivity index (χ3n) is 3.23. The van der Waals surface area contributed by atoms with E-state index in [0.717, 1.165) is 12.2 Å². The van der Waals surface area contributed by atoms with Gasteiger partial charge in [0.25, 0.3) is 0 Å². The number of hydrogen-bond acceptors (Lipinski definition) is 3. The van der Waals surface area contributed by atoms with Crippen LogP contribution in [0.3, 0.4) is 0 Å². The Kier molecular flexibility index (Phi) is 4.39. The number of hydrogen-bond donors (Lipinski definition) is 1. The lowest BCUT2D eigenvalue weighted by Gasteiger charge is -2.17. The van der Waals surface area contributed by atoms with Crippen molar-refractivity contribution in [1.29, 1.82) is 0 Å². The van der Waals surface area contributed by atoms with Gasteiger partial charge in [-0.3, -0.25) is 0 Å². The molecule has 0 bridgehead atoms. The summed E-state index contributed by atoms with van der Waals surface area (Å²) < 4.78 is 5.41. The van der Waals surface area contributed by atoms with Gasteiger partial charge in [-0.25, -0.2) is 0 Å². The predicted octanol–water partition coefficient (Wildman–Crippen LogP) is 3.57. The summed E-state index contributed by atoms with van der Waals surface area (Å²) in [6, 6.07) is 10.9. The quantitative estimate of drug-likeness (QED) is 0.888. The SMILES string of the molecule is CNC(Cc1ccccc1C)c1sccc1OC. The highest BCUT2D eigenvalue weighted by Crippen LogP contribution is 2.32. The lowest BCUT2D eigenvalue weighted by atomic mass is 10.00. The third kappa shape index (κ3) is 2.74. The van der Waals surface area contributed by atoms with Crippen LogP contribution in [-0.2, 0) is 6.42 Å². The number of aryl methyl sites for hydroxylation is 1. The van der Waals surface area contributed by atoms with Crippen molar-refractivity contribution in [3.63, 3.8) is 0 Å². The molecular formula is C15H19NOS. The lowest BCUT2D eigenvalue weighted by Crippen LogP contribution is -2.18. The molecule has 1 unspecified atom stereocenters. The fourth-order valence-electron chi connectivity index (χ4n) is 2.12. The maximum atomic E-state index is 5.41. The van der Waals surface area contributed by atoms with Crippen molar-refractivity contribution < 1.29 is 4.74 Å². The van der Waals surface area contributed by atoms with Crippen molar-refractivity contribution in [2.75, 3.05) is 14.2 Å². The average Bonchev–Trinajstić information content (AvgIpc) is 2.86. The standard InChI is InChI=1S/C15H19NOS/c1-11-6-4-5-7-12(11)10-13(16-2)15-14(17-3)8-9-18-15/h4-9,13,16H,10H2,1-3H3. The Hall–Kier alpha value is -1.32. The van der Waals surface area contributed by atoms with Crippen LogP contribution < -0.4 is 10.1 Å². The van der Waals surface area contributed by atoms with Crippen LogP contribution in [0.25, 0.3) is 0 Å². The van der Waals surface area contributed by atoms with E-state index < -0.39 is 0 Å². The number of ether oxygens (including phenoxy) is 1. The molecule has 0 fully saturated rings. The van der Waals surface area contributed by atoms with Gasteiger partial charge in [0, 0.05) is 6.04 Å². The molecule has 1 N–H and O–H groups in total. The highest BCUT2D eigenvalue weighted by Gasteiger charge is 2.17. The van der Waals surface area contributed by atoms with Gasteiger partial charge in [0.2, 0.25) is 0 Å². The van der Waals surface area contributed by atoms with E-state index in [2.05, 4.69) is 41.9 Å². The van der Waals surface area contributed by atoms with E-state index in [1.54, 1.807) is 18.4 Å². The molecule has 0 spiro atoms. The summed E-state index contributed by atoms with van der Waals surface area (Å²) >= 11 is 1.74. The summed E-state index contributed by atoms with van der Waals surface area (Å²) in [4.78, 5) is 1.27. The molecule has 96 valence electrons. The molecule has 1 aromatic heterocycles. The molecule has 1 aromatic carbocycles. The monoisotopic (exact) mass is 261 g/mol. The molecule has 0 aliphatic carbocycles.